The van der Waals surface area contributed by atoms with E-state index in [0.29, 0.717) is 23.7 Å². The number of hydrogen-bond donors (Lipinski definition) is 0. The van der Waals surface area contributed by atoms with E-state index >= 15 is 0 Å². The maximum Gasteiger partial charge on any atom is 0.246 e. The number of sulfonamides is 1. The van der Waals surface area contributed by atoms with Crippen molar-refractivity contribution in [2.45, 2.75) is 18.7 Å². The molecule has 2 aromatic rings. The highest BCUT2D eigenvalue weighted by atomic mass is 35.5. The first-order valence-electron chi connectivity index (χ1n) is 9.53. The highest BCUT2D eigenvalue weighted by molar-refractivity contribution is 7.89. The van der Waals surface area contributed by atoms with Gasteiger partial charge in [-0.05, 0) is 49.2 Å². The summed E-state index contributed by atoms with van der Waals surface area (Å²) in [7, 11) is -3.67. The first-order chi connectivity index (χ1) is 14.2. The molecule has 158 valence electrons. The van der Waals surface area contributed by atoms with Gasteiger partial charge in [-0.1, -0.05) is 35.9 Å². The number of ketones is 1. The SMILES string of the molecule is CC(=O)c1ccc(S(=O)(=O)N2CCN(C(=O)/C=C/c3ccc(C)c(Cl)c3)CC2)cc1. The Labute approximate surface area is 181 Å². The zero-order valence-electron chi connectivity index (χ0n) is 16.8. The molecular formula is C22H23ClN2O4S. The Morgan fingerprint density at radius 2 is 1.63 bits per heavy atom. The number of amides is 1. The minimum atomic E-state index is -3.67. The summed E-state index contributed by atoms with van der Waals surface area (Å²) in [6, 6.07) is 11.5. The van der Waals surface area contributed by atoms with Crippen molar-refractivity contribution in [2.75, 3.05) is 26.2 Å². The molecule has 8 heteroatoms. The smallest absolute Gasteiger partial charge is 0.246 e. The molecule has 0 aromatic heterocycles. The number of benzene rings is 2. The van der Waals surface area contributed by atoms with Gasteiger partial charge in [-0.3, -0.25) is 9.59 Å². The summed E-state index contributed by atoms with van der Waals surface area (Å²) >= 11 is 6.10. The average molecular weight is 447 g/mol. The Morgan fingerprint density at radius 3 is 2.20 bits per heavy atom. The fourth-order valence-electron chi connectivity index (χ4n) is 3.15. The topological polar surface area (TPSA) is 74.8 Å². The summed E-state index contributed by atoms with van der Waals surface area (Å²) < 4.78 is 27.0. The summed E-state index contributed by atoms with van der Waals surface area (Å²) in [5, 5.41) is 0.639. The number of Topliss-reactive ketones (excluding diaryl/α,β-unsaturated/α-hetero) is 1. The van der Waals surface area contributed by atoms with Gasteiger partial charge in [0.15, 0.2) is 5.78 Å². The molecule has 0 bridgehead atoms. The zero-order valence-corrected chi connectivity index (χ0v) is 18.4. The van der Waals surface area contributed by atoms with Crippen LogP contribution < -0.4 is 0 Å². The number of halogens is 1. The molecule has 1 amide bonds. The van der Waals surface area contributed by atoms with Gasteiger partial charge in [-0.15, -0.1) is 0 Å². The van der Waals surface area contributed by atoms with Crippen LogP contribution in [0.25, 0.3) is 6.08 Å². The van der Waals surface area contributed by atoms with Crippen LogP contribution in [0, 0.1) is 6.92 Å². The molecular weight excluding hydrogens is 424 g/mol. The second-order valence-electron chi connectivity index (χ2n) is 7.15. The number of carbonyl (C=O) groups excluding carboxylic acids is 2. The molecule has 1 fully saturated rings. The third kappa shape index (κ3) is 4.98. The van der Waals surface area contributed by atoms with E-state index < -0.39 is 10.0 Å². The average Bonchev–Trinajstić information content (AvgIpc) is 2.74. The third-order valence-corrected chi connectivity index (χ3v) is 7.38. The Bertz CT molecular complexity index is 1090. The van der Waals surface area contributed by atoms with Gasteiger partial charge in [0.05, 0.1) is 4.90 Å². The molecule has 0 N–H and O–H groups in total. The molecule has 2 aromatic carbocycles. The maximum atomic E-state index is 12.8. The van der Waals surface area contributed by atoms with Gasteiger partial charge in [0.1, 0.15) is 0 Å². The van der Waals surface area contributed by atoms with E-state index in [1.807, 2.05) is 19.1 Å². The summed E-state index contributed by atoms with van der Waals surface area (Å²) in [6.07, 6.45) is 3.18. The van der Waals surface area contributed by atoms with E-state index in [4.69, 9.17) is 11.6 Å². The second-order valence-corrected chi connectivity index (χ2v) is 9.50. The Balaban J connectivity index is 1.61. The molecule has 1 saturated heterocycles. The van der Waals surface area contributed by atoms with Crippen molar-refractivity contribution in [3.8, 4) is 0 Å². The maximum absolute atomic E-state index is 12.8. The third-order valence-electron chi connectivity index (χ3n) is 5.06. The van der Waals surface area contributed by atoms with Crippen molar-refractivity contribution < 1.29 is 18.0 Å². The van der Waals surface area contributed by atoms with Gasteiger partial charge in [-0.25, -0.2) is 8.42 Å². The van der Waals surface area contributed by atoms with Crippen LogP contribution in [0.5, 0.6) is 0 Å². The van der Waals surface area contributed by atoms with Crippen molar-refractivity contribution in [3.63, 3.8) is 0 Å². The summed E-state index contributed by atoms with van der Waals surface area (Å²) in [4.78, 5) is 25.6. The second kappa shape index (κ2) is 9.12. The molecule has 3 rings (SSSR count). The molecule has 0 unspecified atom stereocenters. The van der Waals surface area contributed by atoms with Crippen LogP contribution in [0.4, 0.5) is 0 Å². The van der Waals surface area contributed by atoms with Crippen molar-refractivity contribution >= 4 is 39.4 Å². The Morgan fingerprint density at radius 1 is 1.00 bits per heavy atom. The molecule has 1 aliphatic heterocycles. The lowest BCUT2D eigenvalue weighted by Gasteiger charge is -2.33. The van der Waals surface area contributed by atoms with E-state index in [1.54, 1.807) is 17.0 Å². The first-order valence-corrected chi connectivity index (χ1v) is 11.3. The molecule has 0 saturated carbocycles. The molecule has 0 atom stereocenters. The number of piperazine rings is 1. The number of rotatable bonds is 5. The van der Waals surface area contributed by atoms with Crippen LogP contribution in [-0.4, -0.2) is 55.5 Å². The highest BCUT2D eigenvalue weighted by Gasteiger charge is 2.29. The zero-order chi connectivity index (χ0) is 21.9. The van der Waals surface area contributed by atoms with Gasteiger partial charge >= 0.3 is 0 Å². The van der Waals surface area contributed by atoms with Crippen LogP contribution in [0.3, 0.4) is 0 Å². The van der Waals surface area contributed by atoms with Crippen molar-refractivity contribution in [1.29, 1.82) is 0 Å². The molecule has 0 aliphatic carbocycles. The van der Waals surface area contributed by atoms with Crippen molar-refractivity contribution in [1.82, 2.24) is 9.21 Å². The number of hydrogen-bond acceptors (Lipinski definition) is 4. The van der Waals surface area contributed by atoms with Crippen LogP contribution in [0.2, 0.25) is 5.02 Å². The van der Waals surface area contributed by atoms with Gasteiger partial charge in [-0.2, -0.15) is 4.31 Å². The fourth-order valence-corrected chi connectivity index (χ4v) is 4.76. The first kappa shape index (κ1) is 22.2. The molecule has 0 radical (unpaired) electrons. The van der Waals surface area contributed by atoms with E-state index in [2.05, 4.69) is 0 Å². The van der Waals surface area contributed by atoms with E-state index in [-0.39, 0.29) is 29.7 Å². The monoisotopic (exact) mass is 446 g/mol. The molecule has 1 heterocycles. The van der Waals surface area contributed by atoms with Crippen LogP contribution in [0.1, 0.15) is 28.4 Å². The largest absolute Gasteiger partial charge is 0.337 e. The summed E-state index contributed by atoms with van der Waals surface area (Å²) in [5.74, 6) is -0.290. The minimum absolute atomic E-state index is 0.118. The van der Waals surface area contributed by atoms with Crippen LogP contribution in [0.15, 0.2) is 53.4 Å². The minimum Gasteiger partial charge on any atom is -0.337 e. The standard InChI is InChI=1S/C22H23ClN2O4S/c1-16-3-4-18(15-21(16)23)5-10-22(27)24-11-13-25(14-12-24)30(28,29)20-8-6-19(7-9-20)17(2)26/h3-10,15H,11-14H2,1-2H3/b10-5+. The van der Waals surface area contributed by atoms with Crippen molar-refractivity contribution in [3.05, 3.63) is 70.3 Å². The van der Waals surface area contributed by atoms with Gasteiger partial charge in [0.25, 0.3) is 0 Å². The highest BCUT2D eigenvalue weighted by Crippen LogP contribution is 2.20. The Kier molecular flexibility index (Phi) is 6.75. The summed E-state index contributed by atoms with van der Waals surface area (Å²) in [6.45, 7) is 4.39. The number of aryl methyl sites for hydroxylation is 1. The van der Waals surface area contributed by atoms with Gasteiger partial charge < -0.3 is 4.90 Å². The number of nitrogens with zero attached hydrogens (tertiary/aromatic N) is 2. The van der Waals surface area contributed by atoms with E-state index in [1.165, 1.54) is 41.6 Å². The summed E-state index contributed by atoms with van der Waals surface area (Å²) in [5.41, 5.74) is 2.26. The molecule has 6 nitrogen and oxygen atoms in total. The quantitative estimate of drug-likeness (QED) is 0.521. The lowest BCUT2D eigenvalue weighted by atomic mass is 10.1. The lowest BCUT2D eigenvalue weighted by Crippen LogP contribution is -2.50. The van der Waals surface area contributed by atoms with E-state index in [0.717, 1.165) is 11.1 Å². The molecule has 0 spiro atoms. The van der Waals surface area contributed by atoms with E-state index in [9.17, 15) is 18.0 Å². The normalized spacial score (nSPS) is 15.5. The molecule has 30 heavy (non-hydrogen) atoms. The van der Waals surface area contributed by atoms with Crippen LogP contribution >= 0.6 is 11.6 Å². The Hall–Kier alpha value is -2.48. The number of carbonyl (C=O) groups is 2. The molecule has 1 aliphatic rings. The lowest BCUT2D eigenvalue weighted by molar-refractivity contribution is -0.127. The van der Waals surface area contributed by atoms with Crippen molar-refractivity contribution in [2.24, 2.45) is 0 Å². The predicted molar refractivity (Wildman–Crippen MR) is 117 cm³/mol. The van der Waals surface area contributed by atoms with Gasteiger partial charge in [0.2, 0.25) is 15.9 Å². The fraction of sp³-hybridized carbons (Fsp3) is 0.273. The van der Waals surface area contributed by atoms with Gasteiger partial charge in [0, 0.05) is 42.8 Å². The van der Waals surface area contributed by atoms with Crippen LogP contribution in [-0.2, 0) is 14.8 Å². The predicted octanol–water partition coefficient (Wildman–Crippen LogP) is 3.40.